The number of rotatable bonds is 5. The Morgan fingerprint density at radius 3 is 2.76 bits per heavy atom. The van der Waals surface area contributed by atoms with Crippen LogP contribution in [0.15, 0.2) is 17.0 Å². The molecule has 0 aliphatic carbocycles. The van der Waals surface area contributed by atoms with Gasteiger partial charge in [-0.15, -0.1) is 11.8 Å². The summed E-state index contributed by atoms with van der Waals surface area (Å²) in [6.45, 7) is 1.73. The van der Waals surface area contributed by atoms with Crippen LogP contribution in [0, 0.1) is 17.0 Å². The van der Waals surface area contributed by atoms with Crippen LogP contribution in [-0.4, -0.2) is 21.8 Å². The van der Waals surface area contributed by atoms with Crippen molar-refractivity contribution in [1.82, 2.24) is 0 Å². The number of carbonyl (C=O) groups is 1. The summed E-state index contributed by atoms with van der Waals surface area (Å²) < 4.78 is 0. The van der Waals surface area contributed by atoms with Gasteiger partial charge in [-0.3, -0.25) is 14.9 Å². The zero-order chi connectivity index (χ0) is 13.0. The minimum atomic E-state index is -0.872. The van der Waals surface area contributed by atoms with E-state index < -0.39 is 10.9 Å². The highest BCUT2D eigenvalue weighted by molar-refractivity contribution is 7.99. The molecular weight excluding hydrogens is 266 g/mol. The number of thioether (sulfide) groups is 1. The number of hydrogen-bond acceptors (Lipinski definition) is 4. The largest absolute Gasteiger partial charge is 0.481 e. The average molecular weight is 276 g/mol. The van der Waals surface area contributed by atoms with Gasteiger partial charge in [-0.05, 0) is 18.6 Å². The predicted molar refractivity (Wildman–Crippen MR) is 65.8 cm³/mol. The first-order valence-electron chi connectivity index (χ1n) is 4.71. The standard InChI is InChI=1S/C10H10ClNO4S/c1-6-4-8(12(15)16)7(11)5-9(6)17-3-2-10(13)14/h4-5H,2-3H2,1H3,(H,13,14). The fraction of sp³-hybridized carbons (Fsp3) is 0.300. The lowest BCUT2D eigenvalue weighted by molar-refractivity contribution is -0.384. The van der Waals surface area contributed by atoms with E-state index in [0.29, 0.717) is 5.75 Å². The molecule has 1 N–H and O–H groups in total. The van der Waals surface area contributed by atoms with Crippen LogP contribution in [-0.2, 0) is 4.79 Å². The van der Waals surface area contributed by atoms with Crippen molar-refractivity contribution in [3.63, 3.8) is 0 Å². The number of carboxylic acids is 1. The number of aliphatic carboxylic acids is 1. The van der Waals surface area contributed by atoms with Crippen molar-refractivity contribution in [2.24, 2.45) is 0 Å². The Morgan fingerprint density at radius 2 is 2.24 bits per heavy atom. The van der Waals surface area contributed by atoms with E-state index in [1.807, 2.05) is 0 Å². The smallest absolute Gasteiger partial charge is 0.304 e. The molecule has 0 fully saturated rings. The molecule has 0 aromatic heterocycles. The maximum absolute atomic E-state index is 10.6. The van der Waals surface area contributed by atoms with Crippen molar-refractivity contribution in [2.75, 3.05) is 5.75 Å². The summed E-state index contributed by atoms with van der Waals surface area (Å²) in [5.41, 5.74) is 0.586. The van der Waals surface area contributed by atoms with Gasteiger partial charge in [0.05, 0.1) is 11.3 Å². The lowest BCUT2D eigenvalue weighted by Crippen LogP contribution is -1.96. The second-order valence-corrected chi connectivity index (χ2v) is 4.86. The van der Waals surface area contributed by atoms with Crippen molar-refractivity contribution in [3.05, 3.63) is 32.8 Å². The van der Waals surface area contributed by atoms with Crippen molar-refractivity contribution < 1.29 is 14.8 Å². The molecule has 0 amide bonds. The van der Waals surface area contributed by atoms with E-state index in [1.54, 1.807) is 6.92 Å². The fourth-order valence-electron chi connectivity index (χ4n) is 1.19. The van der Waals surface area contributed by atoms with Gasteiger partial charge < -0.3 is 5.11 Å². The van der Waals surface area contributed by atoms with Crippen LogP contribution in [0.25, 0.3) is 0 Å². The van der Waals surface area contributed by atoms with Gasteiger partial charge in [0.1, 0.15) is 5.02 Å². The topological polar surface area (TPSA) is 80.4 Å². The van der Waals surface area contributed by atoms with Gasteiger partial charge in [-0.2, -0.15) is 0 Å². The first kappa shape index (κ1) is 13.8. The third-order valence-corrected chi connectivity index (χ3v) is 3.48. The van der Waals surface area contributed by atoms with Gasteiger partial charge in [0.15, 0.2) is 0 Å². The van der Waals surface area contributed by atoms with E-state index >= 15 is 0 Å². The molecule has 0 saturated heterocycles. The number of nitro benzene ring substituents is 1. The van der Waals surface area contributed by atoms with Crippen molar-refractivity contribution in [3.8, 4) is 0 Å². The quantitative estimate of drug-likeness (QED) is 0.507. The van der Waals surface area contributed by atoms with E-state index in [-0.39, 0.29) is 17.1 Å². The summed E-state index contributed by atoms with van der Waals surface area (Å²) in [4.78, 5) is 21.2. The van der Waals surface area contributed by atoms with E-state index in [0.717, 1.165) is 10.5 Å². The Balaban J connectivity index is 2.84. The molecule has 1 aromatic carbocycles. The molecule has 0 radical (unpaired) electrons. The molecule has 5 nitrogen and oxygen atoms in total. The molecular formula is C10H10ClNO4S. The zero-order valence-electron chi connectivity index (χ0n) is 8.97. The van der Waals surface area contributed by atoms with Gasteiger partial charge in [-0.1, -0.05) is 11.6 Å². The van der Waals surface area contributed by atoms with Crippen LogP contribution < -0.4 is 0 Å². The second-order valence-electron chi connectivity index (χ2n) is 3.32. The Bertz CT molecular complexity index is 464. The summed E-state index contributed by atoms with van der Waals surface area (Å²) in [5.74, 6) is -0.465. The third kappa shape index (κ3) is 3.90. The predicted octanol–water partition coefficient (Wildman–Crippen LogP) is 3.12. The molecule has 0 aliphatic rings. The number of hydrogen-bond donors (Lipinski definition) is 1. The Hall–Kier alpha value is -1.27. The van der Waals surface area contributed by atoms with Crippen LogP contribution >= 0.6 is 23.4 Å². The SMILES string of the molecule is Cc1cc([N+](=O)[O-])c(Cl)cc1SCCC(=O)O. The van der Waals surface area contributed by atoms with E-state index in [4.69, 9.17) is 16.7 Å². The molecule has 0 aliphatic heterocycles. The summed E-state index contributed by atoms with van der Waals surface area (Å²) in [7, 11) is 0. The number of nitrogens with zero attached hydrogens (tertiary/aromatic N) is 1. The van der Waals surface area contributed by atoms with Crippen LogP contribution in [0.2, 0.25) is 5.02 Å². The average Bonchev–Trinajstić information content (AvgIpc) is 2.21. The maximum atomic E-state index is 10.6. The van der Waals surface area contributed by atoms with Gasteiger partial charge in [0, 0.05) is 16.7 Å². The van der Waals surface area contributed by atoms with Gasteiger partial charge >= 0.3 is 5.97 Å². The first-order valence-corrected chi connectivity index (χ1v) is 6.07. The van der Waals surface area contributed by atoms with Gasteiger partial charge in [0.2, 0.25) is 0 Å². The van der Waals surface area contributed by atoms with Crippen LogP contribution in [0.5, 0.6) is 0 Å². The van der Waals surface area contributed by atoms with Crippen molar-refractivity contribution in [2.45, 2.75) is 18.2 Å². The number of benzene rings is 1. The first-order chi connectivity index (χ1) is 7.91. The normalized spacial score (nSPS) is 10.2. The highest BCUT2D eigenvalue weighted by atomic mass is 35.5. The Kier molecular flexibility index (Phi) is 4.77. The van der Waals surface area contributed by atoms with Crippen molar-refractivity contribution in [1.29, 1.82) is 0 Å². The molecule has 0 unspecified atom stereocenters. The summed E-state index contributed by atoms with van der Waals surface area (Å²) in [5, 5.41) is 19.2. The van der Waals surface area contributed by atoms with E-state index in [2.05, 4.69) is 0 Å². The van der Waals surface area contributed by atoms with E-state index in [1.165, 1.54) is 23.9 Å². The Morgan fingerprint density at radius 1 is 1.59 bits per heavy atom. The minimum absolute atomic E-state index is 0.0404. The molecule has 1 aromatic rings. The van der Waals surface area contributed by atoms with Crippen LogP contribution in [0.4, 0.5) is 5.69 Å². The molecule has 0 bridgehead atoms. The molecule has 0 heterocycles. The third-order valence-electron chi connectivity index (χ3n) is 2.01. The van der Waals surface area contributed by atoms with Crippen molar-refractivity contribution >= 4 is 35.0 Å². The van der Waals surface area contributed by atoms with Gasteiger partial charge in [0.25, 0.3) is 5.69 Å². The van der Waals surface area contributed by atoms with E-state index in [9.17, 15) is 14.9 Å². The molecule has 7 heteroatoms. The van der Waals surface area contributed by atoms with Crippen LogP contribution in [0.1, 0.15) is 12.0 Å². The number of nitro groups is 1. The summed E-state index contributed by atoms with van der Waals surface area (Å²) >= 11 is 7.09. The molecule has 0 saturated carbocycles. The highest BCUT2D eigenvalue weighted by Crippen LogP contribution is 2.33. The second kappa shape index (κ2) is 5.88. The molecule has 17 heavy (non-hydrogen) atoms. The summed E-state index contributed by atoms with van der Waals surface area (Å²) in [6.07, 6.45) is 0.0404. The lowest BCUT2D eigenvalue weighted by Gasteiger charge is -2.05. The van der Waals surface area contributed by atoms with Crippen LogP contribution in [0.3, 0.4) is 0 Å². The molecule has 1 rings (SSSR count). The van der Waals surface area contributed by atoms with Gasteiger partial charge in [-0.25, -0.2) is 0 Å². The molecule has 0 atom stereocenters. The number of carboxylic acid groups (broad SMARTS) is 1. The molecule has 92 valence electrons. The summed E-state index contributed by atoms with van der Waals surface area (Å²) in [6, 6.07) is 2.90. The molecule has 0 spiro atoms. The lowest BCUT2D eigenvalue weighted by atomic mass is 10.2. The number of halogens is 1. The number of aryl methyl sites for hydroxylation is 1. The Labute approximate surface area is 107 Å². The monoisotopic (exact) mass is 275 g/mol. The minimum Gasteiger partial charge on any atom is -0.481 e. The zero-order valence-corrected chi connectivity index (χ0v) is 10.5. The highest BCUT2D eigenvalue weighted by Gasteiger charge is 2.15. The fourth-order valence-corrected chi connectivity index (χ4v) is 2.47. The maximum Gasteiger partial charge on any atom is 0.304 e.